The summed E-state index contributed by atoms with van der Waals surface area (Å²) >= 11 is 0. The van der Waals surface area contributed by atoms with E-state index in [1.807, 2.05) is 36.5 Å². The molecular weight excluding hydrogens is 293 g/mol. The number of benzene rings is 2. The van der Waals surface area contributed by atoms with Gasteiger partial charge in [0, 0.05) is 19.0 Å². The van der Waals surface area contributed by atoms with E-state index in [2.05, 4.69) is 10.3 Å². The van der Waals surface area contributed by atoms with E-state index in [-0.39, 0.29) is 5.82 Å². The maximum atomic E-state index is 13.1. The summed E-state index contributed by atoms with van der Waals surface area (Å²) in [6.07, 6.45) is 2.29. The van der Waals surface area contributed by atoms with Crippen molar-refractivity contribution in [3.05, 3.63) is 83.4 Å². The number of hydrogen-bond donors (Lipinski definition) is 1. The molecule has 0 fully saturated rings. The Kier molecular flexibility index (Phi) is 4.78. The van der Waals surface area contributed by atoms with Crippen molar-refractivity contribution in [1.29, 1.82) is 0 Å². The second kappa shape index (κ2) is 7.15. The fourth-order valence-corrected chi connectivity index (χ4v) is 2.53. The summed E-state index contributed by atoms with van der Waals surface area (Å²) in [4.78, 5) is 0. The van der Waals surface area contributed by atoms with Crippen LogP contribution in [0.3, 0.4) is 0 Å². The van der Waals surface area contributed by atoms with Gasteiger partial charge in [-0.3, -0.25) is 0 Å². The van der Waals surface area contributed by atoms with Gasteiger partial charge in [0.15, 0.2) is 0 Å². The predicted molar refractivity (Wildman–Crippen MR) is 85.4 cm³/mol. The molecule has 118 valence electrons. The zero-order chi connectivity index (χ0) is 16.1. The van der Waals surface area contributed by atoms with Gasteiger partial charge in [-0.2, -0.15) is 0 Å². The van der Waals surface area contributed by atoms with E-state index in [0.717, 1.165) is 11.3 Å². The quantitative estimate of drug-likeness (QED) is 0.761. The molecule has 2 aromatic carbocycles. The van der Waals surface area contributed by atoms with Crippen molar-refractivity contribution in [2.24, 2.45) is 0 Å². The summed E-state index contributed by atoms with van der Waals surface area (Å²) in [6, 6.07) is 16.3. The zero-order valence-corrected chi connectivity index (χ0v) is 12.6. The Morgan fingerprint density at radius 1 is 1.04 bits per heavy atom. The van der Waals surface area contributed by atoms with Crippen LogP contribution < -0.4 is 0 Å². The summed E-state index contributed by atoms with van der Waals surface area (Å²) in [5.74, 6) is -0.291. The number of aliphatic hydroxyl groups excluding tert-OH is 1. The van der Waals surface area contributed by atoms with E-state index >= 15 is 0 Å². The average Bonchev–Trinajstić information content (AvgIpc) is 2.95. The Balaban J connectivity index is 1.58. The molecule has 0 radical (unpaired) electrons. The zero-order valence-electron chi connectivity index (χ0n) is 12.6. The maximum absolute atomic E-state index is 13.1. The van der Waals surface area contributed by atoms with Crippen LogP contribution in [0.5, 0.6) is 0 Å². The Hall–Kier alpha value is -2.53. The minimum atomic E-state index is -0.636. The molecule has 0 amide bonds. The third kappa shape index (κ3) is 4.47. The second-order valence-corrected chi connectivity index (χ2v) is 5.58. The normalized spacial score (nSPS) is 12.3. The van der Waals surface area contributed by atoms with Crippen LogP contribution in [0.4, 0.5) is 4.39 Å². The van der Waals surface area contributed by atoms with Crippen molar-refractivity contribution in [2.75, 3.05) is 0 Å². The summed E-state index contributed by atoms with van der Waals surface area (Å²) in [6.45, 7) is 0.332. The van der Waals surface area contributed by atoms with Gasteiger partial charge >= 0.3 is 0 Å². The highest BCUT2D eigenvalue weighted by Crippen LogP contribution is 2.09. The van der Waals surface area contributed by atoms with Crippen molar-refractivity contribution in [3.8, 4) is 0 Å². The summed E-state index contributed by atoms with van der Waals surface area (Å²) < 4.78 is 14.8. The molecule has 0 aliphatic heterocycles. The molecule has 1 aromatic heterocycles. The molecule has 3 aromatic rings. The van der Waals surface area contributed by atoms with Crippen molar-refractivity contribution < 1.29 is 9.50 Å². The highest BCUT2D eigenvalue weighted by molar-refractivity contribution is 5.20. The standard InChI is InChI=1S/C18H18FN3O/c19-16-8-4-7-15(9-16)11-18(23)13-22-12-17(20-21-22)10-14-5-2-1-3-6-14/h1-9,12,18,23H,10-11,13H2. The first-order chi connectivity index (χ1) is 11.2. The SMILES string of the molecule is OC(Cc1cccc(F)c1)Cn1cc(Cc2ccccc2)nn1. The van der Waals surface area contributed by atoms with Crippen LogP contribution in [0.15, 0.2) is 60.8 Å². The van der Waals surface area contributed by atoms with Gasteiger partial charge in [-0.25, -0.2) is 9.07 Å². The lowest BCUT2D eigenvalue weighted by atomic mass is 10.1. The molecule has 0 saturated carbocycles. The number of aliphatic hydroxyl groups is 1. The largest absolute Gasteiger partial charge is 0.391 e. The van der Waals surface area contributed by atoms with Crippen LogP contribution in [0, 0.1) is 5.82 Å². The van der Waals surface area contributed by atoms with Crippen molar-refractivity contribution in [2.45, 2.75) is 25.5 Å². The molecule has 1 heterocycles. The Morgan fingerprint density at radius 3 is 2.61 bits per heavy atom. The molecule has 0 spiro atoms. The van der Waals surface area contributed by atoms with Crippen LogP contribution in [0.2, 0.25) is 0 Å². The number of halogens is 1. The molecule has 0 saturated heterocycles. The van der Waals surface area contributed by atoms with E-state index in [4.69, 9.17) is 0 Å². The number of aromatic nitrogens is 3. The third-order valence-electron chi connectivity index (χ3n) is 3.57. The first-order valence-electron chi connectivity index (χ1n) is 7.54. The van der Waals surface area contributed by atoms with Gasteiger partial charge in [-0.05, 0) is 23.3 Å². The van der Waals surface area contributed by atoms with Gasteiger partial charge in [-0.15, -0.1) is 5.10 Å². The van der Waals surface area contributed by atoms with Gasteiger partial charge in [0.2, 0.25) is 0 Å². The molecule has 4 nitrogen and oxygen atoms in total. The molecule has 23 heavy (non-hydrogen) atoms. The van der Waals surface area contributed by atoms with Crippen molar-refractivity contribution in [3.63, 3.8) is 0 Å². The molecule has 1 N–H and O–H groups in total. The molecular formula is C18H18FN3O. The molecule has 1 atom stereocenters. The van der Waals surface area contributed by atoms with E-state index < -0.39 is 6.10 Å². The van der Waals surface area contributed by atoms with E-state index in [1.54, 1.807) is 16.8 Å². The van der Waals surface area contributed by atoms with Crippen LogP contribution in [-0.2, 0) is 19.4 Å². The molecule has 5 heteroatoms. The minimum Gasteiger partial charge on any atom is -0.391 e. The van der Waals surface area contributed by atoms with E-state index in [0.29, 0.717) is 19.4 Å². The second-order valence-electron chi connectivity index (χ2n) is 5.58. The van der Waals surface area contributed by atoms with Gasteiger partial charge in [-0.1, -0.05) is 47.7 Å². The van der Waals surface area contributed by atoms with Gasteiger partial charge < -0.3 is 5.11 Å². The third-order valence-corrected chi connectivity index (χ3v) is 3.57. The molecule has 0 aliphatic rings. The number of hydrogen-bond acceptors (Lipinski definition) is 3. The Morgan fingerprint density at radius 2 is 1.83 bits per heavy atom. The maximum Gasteiger partial charge on any atom is 0.123 e. The summed E-state index contributed by atoms with van der Waals surface area (Å²) in [5.41, 5.74) is 2.79. The Bertz CT molecular complexity index is 758. The summed E-state index contributed by atoms with van der Waals surface area (Å²) in [7, 11) is 0. The fraction of sp³-hybridized carbons (Fsp3) is 0.222. The lowest BCUT2D eigenvalue weighted by Crippen LogP contribution is -2.19. The van der Waals surface area contributed by atoms with Crippen molar-refractivity contribution >= 4 is 0 Å². The van der Waals surface area contributed by atoms with Crippen LogP contribution in [0.25, 0.3) is 0 Å². The monoisotopic (exact) mass is 311 g/mol. The highest BCUT2D eigenvalue weighted by atomic mass is 19.1. The van der Waals surface area contributed by atoms with Crippen LogP contribution in [0.1, 0.15) is 16.8 Å². The first kappa shape index (κ1) is 15.4. The summed E-state index contributed by atoms with van der Waals surface area (Å²) in [5, 5.41) is 18.3. The molecule has 1 unspecified atom stereocenters. The smallest absolute Gasteiger partial charge is 0.123 e. The molecule has 0 aliphatic carbocycles. The first-order valence-corrected chi connectivity index (χ1v) is 7.54. The lowest BCUT2D eigenvalue weighted by molar-refractivity contribution is 0.148. The number of rotatable bonds is 6. The molecule has 0 bridgehead atoms. The van der Waals surface area contributed by atoms with Gasteiger partial charge in [0.25, 0.3) is 0 Å². The van der Waals surface area contributed by atoms with E-state index in [1.165, 1.54) is 17.7 Å². The Labute approximate surface area is 134 Å². The number of nitrogens with zero attached hydrogens (tertiary/aromatic N) is 3. The van der Waals surface area contributed by atoms with Gasteiger partial charge in [0.05, 0.1) is 18.3 Å². The highest BCUT2D eigenvalue weighted by Gasteiger charge is 2.09. The minimum absolute atomic E-state index is 0.291. The fourth-order valence-electron chi connectivity index (χ4n) is 2.53. The van der Waals surface area contributed by atoms with E-state index in [9.17, 15) is 9.50 Å². The van der Waals surface area contributed by atoms with Crippen molar-refractivity contribution in [1.82, 2.24) is 15.0 Å². The van der Waals surface area contributed by atoms with Crippen LogP contribution in [-0.4, -0.2) is 26.2 Å². The average molecular weight is 311 g/mol. The topological polar surface area (TPSA) is 50.9 Å². The predicted octanol–water partition coefficient (Wildman–Crippen LogP) is 2.61. The molecule has 3 rings (SSSR count). The van der Waals surface area contributed by atoms with Gasteiger partial charge in [0.1, 0.15) is 5.82 Å². The van der Waals surface area contributed by atoms with Crippen LogP contribution >= 0.6 is 0 Å². The lowest BCUT2D eigenvalue weighted by Gasteiger charge is -2.10.